The van der Waals surface area contributed by atoms with Crippen LogP contribution in [0, 0.1) is 5.92 Å². The summed E-state index contributed by atoms with van der Waals surface area (Å²) < 4.78 is 23.9. The second-order valence-electron chi connectivity index (χ2n) is 3.52. The van der Waals surface area contributed by atoms with Gasteiger partial charge in [-0.25, -0.2) is 8.78 Å². The van der Waals surface area contributed by atoms with E-state index in [1.54, 1.807) is 0 Å². The van der Waals surface area contributed by atoms with Gasteiger partial charge in [-0.05, 0) is 32.2 Å². The van der Waals surface area contributed by atoms with Gasteiger partial charge in [-0.1, -0.05) is 0 Å². The van der Waals surface area contributed by atoms with Crippen molar-refractivity contribution in [3.8, 4) is 0 Å². The average molecular weight is 179 g/mol. The van der Waals surface area contributed by atoms with E-state index in [1.165, 1.54) is 6.92 Å². The molecule has 72 valence electrons. The van der Waals surface area contributed by atoms with Crippen LogP contribution in [0.15, 0.2) is 0 Å². The minimum atomic E-state index is -2.30. The van der Waals surface area contributed by atoms with Gasteiger partial charge in [0.2, 0.25) is 0 Å². The molecule has 0 bridgehead atoms. The van der Waals surface area contributed by atoms with Crippen molar-refractivity contribution in [3.05, 3.63) is 0 Å². The Hall–Kier alpha value is -0.220. The Morgan fingerprint density at radius 1 is 1.50 bits per heavy atom. The molecule has 1 saturated carbocycles. The molecule has 1 unspecified atom stereocenters. The highest BCUT2D eigenvalue weighted by molar-refractivity contribution is 4.81. The largest absolute Gasteiger partial charge is 0.393 e. The lowest BCUT2D eigenvalue weighted by molar-refractivity contribution is 0.0361. The second kappa shape index (κ2) is 4.14. The quantitative estimate of drug-likeness (QED) is 0.674. The van der Waals surface area contributed by atoms with E-state index in [9.17, 15) is 8.78 Å². The molecule has 0 aromatic heterocycles. The van der Waals surface area contributed by atoms with E-state index in [2.05, 4.69) is 5.32 Å². The lowest BCUT2D eigenvalue weighted by Crippen LogP contribution is -2.41. The highest BCUT2D eigenvalue weighted by Crippen LogP contribution is 2.26. The number of alkyl halides is 2. The van der Waals surface area contributed by atoms with Crippen molar-refractivity contribution in [2.24, 2.45) is 5.92 Å². The Balaban J connectivity index is 2.02. The van der Waals surface area contributed by atoms with E-state index in [-0.39, 0.29) is 6.10 Å². The highest BCUT2D eigenvalue weighted by Gasteiger charge is 2.27. The molecular weight excluding hydrogens is 164 g/mol. The van der Waals surface area contributed by atoms with Gasteiger partial charge >= 0.3 is 0 Å². The first kappa shape index (κ1) is 9.86. The van der Waals surface area contributed by atoms with Crippen LogP contribution in [0.3, 0.4) is 0 Å². The number of rotatable bonds is 4. The topological polar surface area (TPSA) is 32.3 Å². The summed E-state index contributed by atoms with van der Waals surface area (Å²) >= 11 is 0. The second-order valence-corrected chi connectivity index (χ2v) is 3.52. The number of nitrogens with one attached hydrogen (secondary N) is 1. The van der Waals surface area contributed by atoms with E-state index < -0.39 is 12.5 Å². The molecule has 0 aromatic carbocycles. The van der Waals surface area contributed by atoms with Crippen molar-refractivity contribution < 1.29 is 13.9 Å². The summed E-state index contributed by atoms with van der Waals surface area (Å²) in [7, 11) is 0. The van der Waals surface area contributed by atoms with Crippen molar-refractivity contribution in [1.82, 2.24) is 5.32 Å². The molecule has 0 heterocycles. The van der Waals surface area contributed by atoms with Crippen LogP contribution < -0.4 is 5.32 Å². The third-order valence-corrected chi connectivity index (χ3v) is 2.32. The first-order valence-corrected chi connectivity index (χ1v) is 4.29. The Morgan fingerprint density at radius 2 is 2.08 bits per heavy atom. The average Bonchev–Trinajstić information content (AvgIpc) is 1.95. The van der Waals surface area contributed by atoms with Crippen LogP contribution in [-0.4, -0.2) is 30.2 Å². The van der Waals surface area contributed by atoms with Crippen LogP contribution in [0.2, 0.25) is 0 Å². The van der Waals surface area contributed by atoms with Crippen LogP contribution in [-0.2, 0) is 0 Å². The maximum Gasteiger partial charge on any atom is 0.253 e. The minimum Gasteiger partial charge on any atom is -0.393 e. The van der Waals surface area contributed by atoms with Gasteiger partial charge in [0, 0.05) is 0 Å². The number of hydrogen-bond donors (Lipinski definition) is 2. The monoisotopic (exact) mass is 179 g/mol. The first-order chi connectivity index (χ1) is 5.59. The molecule has 0 spiro atoms. The number of hydrogen-bond acceptors (Lipinski definition) is 2. The fraction of sp³-hybridized carbons (Fsp3) is 1.00. The minimum absolute atomic E-state index is 0.196. The molecule has 4 heteroatoms. The molecule has 0 aliphatic heterocycles. The number of aliphatic hydroxyl groups excluding tert-OH is 1. The molecule has 0 radical (unpaired) electrons. The summed E-state index contributed by atoms with van der Waals surface area (Å²) in [4.78, 5) is 0. The van der Waals surface area contributed by atoms with Gasteiger partial charge in [-0.15, -0.1) is 0 Å². The van der Waals surface area contributed by atoms with E-state index in [0.29, 0.717) is 12.5 Å². The zero-order chi connectivity index (χ0) is 9.14. The van der Waals surface area contributed by atoms with Crippen molar-refractivity contribution in [3.63, 3.8) is 0 Å². The third kappa shape index (κ3) is 2.68. The SMILES string of the molecule is CC(NCC1CC(O)C1)C(F)F. The molecular formula is C8H15F2NO. The number of halogens is 2. The van der Waals surface area contributed by atoms with Gasteiger partial charge in [0.15, 0.2) is 0 Å². The molecule has 1 fully saturated rings. The van der Waals surface area contributed by atoms with Crippen molar-refractivity contribution in [2.75, 3.05) is 6.54 Å². The summed E-state index contributed by atoms with van der Waals surface area (Å²) in [6, 6.07) is -0.734. The van der Waals surface area contributed by atoms with Crippen molar-refractivity contribution >= 4 is 0 Å². The smallest absolute Gasteiger partial charge is 0.253 e. The van der Waals surface area contributed by atoms with Crippen LogP contribution >= 0.6 is 0 Å². The standard InChI is InChI=1S/C8H15F2NO/c1-5(8(9)10)11-4-6-2-7(12)3-6/h5-8,11-12H,2-4H2,1H3. The summed E-state index contributed by atoms with van der Waals surface area (Å²) in [5.41, 5.74) is 0. The molecule has 2 N–H and O–H groups in total. The molecule has 1 aliphatic rings. The summed E-state index contributed by atoms with van der Waals surface area (Å²) in [5, 5.41) is 11.7. The van der Waals surface area contributed by atoms with Crippen LogP contribution in [0.5, 0.6) is 0 Å². The fourth-order valence-corrected chi connectivity index (χ4v) is 1.31. The van der Waals surface area contributed by atoms with Gasteiger partial charge in [0.1, 0.15) is 0 Å². The normalized spacial score (nSPS) is 31.8. The molecule has 0 aromatic rings. The summed E-state index contributed by atoms with van der Waals surface area (Å²) in [6.07, 6.45) is -0.986. The zero-order valence-corrected chi connectivity index (χ0v) is 7.13. The lowest BCUT2D eigenvalue weighted by atomic mass is 9.82. The van der Waals surface area contributed by atoms with Crippen molar-refractivity contribution in [2.45, 2.75) is 38.3 Å². The highest BCUT2D eigenvalue weighted by atomic mass is 19.3. The van der Waals surface area contributed by atoms with E-state index in [1.807, 2.05) is 0 Å². The molecule has 0 saturated heterocycles. The van der Waals surface area contributed by atoms with Gasteiger partial charge in [0.25, 0.3) is 6.43 Å². The van der Waals surface area contributed by atoms with E-state index >= 15 is 0 Å². The van der Waals surface area contributed by atoms with E-state index in [0.717, 1.165) is 12.8 Å². The summed E-state index contributed by atoms with van der Waals surface area (Å²) in [5.74, 6) is 0.390. The van der Waals surface area contributed by atoms with Gasteiger partial charge in [-0.3, -0.25) is 0 Å². The Kier molecular flexibility index (Phi) is 3.40. The van der Waals surface area contributed by atoms with Gasteiger partial charge < -0.3 is 10.4 Å². The van der Waals surface area contributed by atoms with Gasteiger partial charge in [0.05, 0.1) is 12.1 Å². The first-order valence-electron chi connectivity index (χ1n) is 4.29. The molecule has 12 heavy (non-hydrogen) atoms. The Morgan fingerprint density at radius 3 is 2.50 bits per heavy atom. The molecule has 0 amide bonds. The van der Waals surface area contributed by atoms with Crippen LogP contribution in [0.25, 0.3) is 0 Å². The maximum absolute atomic E-state index is 12.0. The fourth-order valence-electron chi connectivity index (χ4n) is 1.31. The maximum atomic E-state index is 12.0. The zero-order valence-electron chi connectivity index (χ0n) is 7.13. The van der Waals surface area contributed by atoms with E-state index in [4.69, 9.17) is 5.11 Å². The Bertz CT molecular complexity index is 137. The molecule has 1 aliphatic carbocycles. The molecule has 2 nitrogen and oxygen atoms in total. The number of aliphatic hydroxyl groups is 1. The lowest BCUT2D eigenvalue weighted by Gasteiger charge is -2.32. The molecule has 1 rings (SSSR count). The van der Waals surface area contributed by atoms with Crippen molar-refractivity contribution in [1.29, 1.82) is 0 Å². The Labute approximate surface area is 71.0 Å². The van der Waals surface area contributed by atoms with Crippen LogP contribution in [0.4, 0.5) is 8.78 Å². The summed E-state index contributed by atoms with van der Waals surface area (Å²) in [6.45, 7) is 2.07. The van der Waals surface area contributed by atoms with Gasteiger partial charge in [-0.2, -0.15) is 0 Å². The predicted octanol–water partition coefficient (Wildman–Crippen LogP) is 1.00. The molecule has 1 atom stereocenters. The van der Waals surface area contributed by atoms with Crippen LogP contribution in [0.1, 0.15) is 19.8 Å². The third-order valence-electron chi connectivity index (χ3n) is 2.32. The predicted molar refractivity (Wildman–Crippen MR) is 42.2 cm³/mol.